The number of nitrogens with one attached hydrogen (secondary N) is 1. The molecule has 20 heavy (non-hydrogen) atoms. The second kappa shape index (κ2) is 6.06. The number of non-ortho nitro benzene ring substituents is 1. The lowest BCUT2D eigenvalue weighted by molar-refractivity contribution is -0.384. The lowest BCUT2D eigenvalue weighted by Crippen LogP contribution is -2.48. The van der Waals surface area contributed by atoms with Crippen LogP contribution in [-0.4, -0.2) is 21.5 Å². The highest BCUT2D eigenvalue weighted by Crippen LogP contribution is 2.32. The molecule has 0 unspecified atom stereocenters. The van der Waals surface area contributed by atoms with Crippen LogP contribution in [0.3, 0.4) is 0 Å². The molecule has 0 heterocycles. The van der Waals surface area contributed by atoms with Gasteiger partial charge in [0.25, 0.3) is 5.69 Å². The van der Waals surface area contributed by atoms with Gasteiger partial charge < -0.3 is 16.2 Å². The number of aromatic hydroxyl groups is 1. The van der Waals surface area contributed by atoms with E-state index in [9.17, 15) is 20.0 Å². The first-order valence-corrected chi connectivity index (χ1v) is 6.00. The Morgan fingerprint density at radius 3 is 2.55 bits per heavy atom. The molecule has 4 N–H and O–H groups in total. The van der Waals surface area contributed by atoms with E-state index >= 15 is 0 Å². The van der Waals surface area contributed by atoms with Crippen LogP contribution in [0.15, 0.2) is 18.2 Å². The van der Waals surface area contributed by atoms with Crippen molar-refractivity contribution in [2.45, 2.75) is 31.2 Å². The number of hydrogen-bond donors (Lipinski definition) is 3. The Bertz CT molecular complexity index is 529. The summed E-state index contributed by atoms with van der Waals surface area (Å²) in [5.74, 6) is -0.638. The van der Waals surface area contributed by atoms with Gasteiger partial charge in [0.1, 0.15) is 5.75 Å². The highest BCUT2D eigenvalue weighted by molar-refractivity contribution is 5.99. The van der Waals surface area contributed by atoms with Crippen LogP contribution in [0.25, 0.3) is 0 Å². The molecule has 2 rings (SSSR count). The smallest absolute Gasteiger partial charge is 0.271 e. The predicted octanol–water partition coefficient (Wildman–Crippen LogP) is 1.93. The quantitative estimate of drug-likeness (QED) is 0.448. The normalized spacial score (nSPS) is 16.2. The van der Waals surface area contributed by atoms with Crippen LogP contribution in [0.1, 0.15) is 25.7 Å². The zero-order valence-electron chi connectivity index (χ0n) is 10.7. The van der Waals surface area contributed by atoms with Crippen LogP contribution >= 0.6 is 12.4 Å². The van der Waals surface area contributed by atoms with Gasteiger partial charge in [-0.15, -0.1) is 12.4 Å². The van der Waals surface area contributed by atoms with Gasteiger partial charge in [-0.2, -0.15) is 0 Å². The van der Waals surface area contributed by atoms with E-state index in [1.165, 1.54) is 12.1 Å². The highest BCUT2D eigenvalue weighted by atomic mass is 35.5. The van der Waals surface area contributed by atoms with Gasteiger partial charge in [0.2, 0.25) is 5.91 Å². The summed E-state index contributed by atoms with van der Waals surface area (Å²) in [6, 6.07) is 3.45. The summed E-state index contributed by atoms with van der Waals surface area (Å²) in [6.45, 7) is 0. The SMILES string of the molecule is Cl.NC1(C(=O)Nc2cc([N+](=O)[O-])ccc2O)CCCC1. The van der Waals surface area contributed by atoms with Crippen LogP contribution < -0.4 is 11.1 Å². The maximum Gasteiger partial charge on any atom is 0.271 e. The van der Waals surface area contributed by atoms with Gasteiger partial charge in [0.05, 0.1) is 16.1 Å². The van der Waals surface area contributed by atoms with E-state index in [-0.39, 0.29) is 29.5 Å². The number of halogens is 1. The van der Waals surface area contributed by atoms with Crippen LogP contribution in [0.5, 0.6) is 5.75 Å². The number of hydrogen-bond acceptors (Lipinski definition) is 5. The fourth-order valence-electron chi connectivity index (χ4n) is 2.22. The minimum absolute atomic E-state index is 0. The molecule has 0 spiro atoms. The molecule has 1 aromatic rings. The minimum Gasteiger partial charge on any atom is -0.506 e. The number of carbonyl (C=O) groups excluding carboxylic acids is 1. The third-order valence-electron chi connectivity index (χ3n) is 3.39. The molecule has 0 radical (unpaired) electrons. The van der Waals surface area contributed by atoms with Crippen molar-refractivity contribution in [3.8, 4) is 5.75 Å². The number of carbonyl (C=O) groups is 1. The lowest BCUT2D eigenvalue weighted by atomic mass is 9.98. The number of nitro benzene ring substituents is 1. The second-order valence-corrected chi connectivity index (χ2v) is 4.78. The molecular weight excluding hydrogens is 286 g/mol. The van der Waals surface area contributed by atoms with Crippen LogP contribution in [0, 0.1) is 10.1 Å². The van der Waals surface area contributed by atoms with Gasteiger partial charge in [-0.25, -0.2) is 0 Å². The van der Waals surface area contributed by atoms with Crippen molar-refractivity contribution in [3.63, 3.8) is 0 Å². The van der Waals surface area contributed by atoms with Crippen molar-refractivity contribution in [2.24, 2.45) is 5.73 Å². The van der Waals surface area contributed by atoms with Crippen LogP contribution in [0.2, 0.25) is 0 Å². The third kappa shape index (κ3) is 3.17. The molecular formula is C12H16ClN3O4. The first-order valence-electron chi connectivity index (χ1n) is 6.00. The molecule has 0 bridgehead atoms. The van der Waals surface area contributed by atoms with Crippen molar-refractivity contribution >= 4 is 29.7 Å². The molecule has 8 heteroatoms. The highest BCUT2D eigenvalue weighted by Gasteiger charge is 2.37. The van der Waals surface area contributed by atoms with Gasteiger partial charge >= 0.3 is 0 Å². The molecule has 0 aliphatic heterocycles. The average molecular weight is 302 g/mol. The fraction of sp³-hybridized carbons (Fsp3) is 0.417. The third-order valence-corrected chi connectivity index (χ3v) is 3.39. The zero-order valence-corrected chi connectivity index (χ0v) is 11.5. The first-order chi connectivity index (χ1) is 8.92. The van der Waals surface area contributed by atoms with Crippen LogP contribution in [0.4, 0.5) is 11.4 Å². The summed E-state index contributed by atoms with van der Waals surface area (Å²) < 4.78 is 0. The number of anilines is 1. The number of nitrogens with zero attached hydrogens (tertiary/aromatic N) is 1. The van der Waals surface area contributed by atoms with Crippen LogP contribution in [-0.2, 0) is 4.79 Å². The summed E-state index contributed by atoms with van der Waals surface area (Å²) >= 11 is 0. The maximum absolute atomic E-state index is 12.1. The number of phenolic OH excluding ortho intramolecular Hbond substituents is 1. The molecule has 0 saturated heterocycles. The Morgan fingerprint density at radius 1 is 1.40 bits per heavy atom. The minimum atomic E-state index is -0.947. The molecule has 7 nitrogen and oxygen atoms in total. The number of nitrogens with two attached hydrogens (primary N) is 1. The number of amides is 1. The molecule has 1 amide bonds. The summed E-state index contributed by atoms with van der Waals surface area (Å²) in [7, 11) is 0. The van der Waals surface area contributed by atoms with Crippen molar-refractivity contribution in [3.05, 3.63) is 28.3 Å². The van der Waals surface area contributed by atoms with E-state index in [4.69, 9.17) is 5.73 Å². The van der Waals surface area contributed by atoms with E-state index in [0.717, 1.165) is 18.9 Å². The molecule has 1 aliphatic rings. The largest absolute Gasteiger partial charge is 0.506 e. The molecule has 110 valence electrons. The fourth-order valence-corrected chi connectivity index (χ4v) is 2.22. The van der Waals surface area contributed by atoms with E-state index in [1.807, 2.05) is 0 Å². The van der Waals surface area contributed by atoms with Crippen molar-refractivity contribution in [1.82, 2.24) is 0 Å². The molecule has 1 fully saturated rings. The monoisotopic (exact) mass is 301 g/mol. The van der Waals surface area contributed by atoms with Gasteiger partial charge in [-0.05, 0) is 18.9 Å². The summed E-state index contributed by atoms with van der Waals surface area (Å²) in [5, 5.41) is 22.7. The van der Waals surface area contributed by atoms with E-state index in [0.29, 0.717) is 12.8 Å². The van der Waals surface area contributed by atoms with Gasteiger partial charge in [-0.3, -0.25) is 14.9 Å². The molecule has 1 saturated carbocycles. The number of nitro groups is 1. The first kappa shape index (κ1) is 16.2. The standard InChI is InChI=1S/C12H15N3O4.ClH/c13-12(5-1-2-6-12)11(17)14-9-7-8(15(18)19)3-4-10(9)16;/h3-4,7,16H,1-2,5-6,13H2,(H,14,17);1H. The number of benzene rings is 1. The maximum atomic E-state index is 12.1. The zero-order chi connectivity index (χ0) is 14.0. The Kier molecular flexibility index (Phi) is 4.91. The molecule has 1 aromatic carbocycles. The molecule has 0 atom stereocenters. The number of rotatable bonds is 3. The van der Waals surface area contributed by atoms with Crippen molar-refractivity contribution in [2.75, 3.05) is 5.32 Å². The molecule has 0 aromatic heterocycles. The summed E-state index contributed by atoms with van der Waals surface area (Å²) in [6.07, 6.45) is 2.92. The van der Waals surface area contributed by atoms with E-state index in [1.54, 1.807) is 0 Å². The Hall–Kier alpha value is -1.86. The predicted molar refractivity (Wildman–Crippen MR) is 76.0 cm³/mol. The Morgan fingerprint density at radius 2 is 2.00 bits per heavy atom. The Labute approximate surface area is 121 Å². The van der Waals surface area contributed by atoms with Crippen molar-refractivity contribution < 1.29 is 14.8 Å². The van der Waals surface area contributed by atoms with Gasteiger partial charge in [-0.1, -0.05) is 12.8 Å². The van der Waals surface area contributed by atoms with E-state index < -0.39 is 16.4 Å². The van der Waals surface area contributed by atoms with Crippen molar-refractivity contribution in [1.29, 1.82) is 0 Å². The number of phenols is 1. The van der Waals surface area contributed by atoms with E-state index in [2.05, 4.69) is 5.32 Å². The summed E-state index contributed by atoms with van der Waals surface area (Å²) in [5.41, 5.74) is 4.83. The average Bonchev–Trinajstić information content (AvgIpc) is 2.80. The topological polar surface area (TPSA) is 118 Å². The summed E-state index contributed by atoms with van der Waals surface area (Å²) in [4.78, 5) is 22.1. The van der Waals surface area contributed by atoms with Gasteiger partial charge in [0, 0.05) is 12.1 Å². The molecule has 1 aliphatic carbocycles. The van der Waals surface area contributed by atoms with Gasteiger partial charge in [0.15, 0.2) is 0 Å². The Balaban J connectivity index is 0.00000200. The lowest BCUT2D eigenvalue weighted by Gasteiger charge is -2.22. The second-order valence-electron chi connectivity index (χ2n) is 4.78.